The van der Waals surface area contributed by atoms with Crippen LogP contribution in [-0.4, -0.2) is 40.3 Å². The second kappa shape index (κ2) is 6.36. The maximum absolute atomic E-state index is 13.1. The molecule has 5 nitrogen and oxygen atoms in total. The molecule has 0 unspecified atom stereocenters. The van der Waals surface area contributed by atoms with E-state index in [9.17, 15) is 9.59 Å². The van der Waals surface area contributed by atoms with Crippen LogP contribution in [0, 0.1) is 0 Å². The van der Waals surface area contributed by atoms with E-state index in [2.05, 4.69) is 10.3 Å². The van der Waals surface area contributed by atoms with Gasteiger partial charge in [0.15, 0.2) is 0 Å². The van der Waals surface area contributed by atoms with Gasteiger partial charge in [-0.1, -0.05) is 12.8 Å². The SMILES string of the molecule is CC(=O)NC1(C(=O)N2CCC[C@H](c3nccs3)C2)CCCC1. The van der Waals surface area contributed by atoms with Crippen molar-refractivity contribution in [2.24, 2.45) is 0 Å². The highest BCUT2D eigenvalue weighted by Gasteiger charge is 2.45. The number of nitrogens with zero attached hydrogens (tertiary/aromatic N) is 2. The first kappa shape index (κ1) is 15.5. The van der Waals surface area contributed by atoms with E-state index in [0.29, 0.717) is 5.92 Å². The normalized spacial score (nSPS) is 24.2. The molecule has 1 saturated carbocycles. The number of hydrogen-bond acceptors (Lipinski definition) is 4. The number of amides is 2. The van der Waals surface area contributed by atoms with Gasteiger partial charge in [0.05, 0.1) is 5.01 Å². The van der Waals surface area contributed by atoms with Crippen LogP contribution in [0.3, 0.4) is 0 Å². The van der Waals surface area contributed by atoms with Crippen molar-refractivity contribution in [2.45, 2.75) is 56.9 Å². The summed E-state index contributed by atoms with van der Waals surface area (Å²) in [7, 11) is 0. The number of rotatable bonds is 3. The van der Waals surface area contributed by atoms with Gasteiger partial charge in [-0.15, -0.1) is 11.3 Å². The highest BCUT2D eigenvalue weighted by molar-refractivity contribution is 7.09. The van der Waals surface area contributed by atoms with Gasteiger partial charge in [0.2, 0.25) is 11.8 Å². The lowest BCUT2D eigenvalue weighted by Crippen LogP contribution is -2.59. The first-order valence-corrected chi connectivity index (χ1v) is 8.96. The molecule has 0 aromatic carbocycles. The number of piperidine rings is 1. The summed E-state index contributed by atoms with van der Waals surface area (Å²) in [6.45, 7) is 3.03. The highest BCUT2D eigenvalue weighted by atomic mass is 32.1. The van der Waals surface area contributed by atoms with Crippen LogP contribution < -0.4 is 5.32 Å². The molecule has 1 saturated heterocycles. The van der Waals surface area contributed by atoms with Crippen LogP contribution >= 0.6 is 11.3 Å². The predicted octanol–water partition coefficient (Wildman–Crippen LogP) is 2.30. The third-order valence-electron chi connectivity index (χ3n) is 4.79. The van der Waals surface area contributed by atoms with Gasteiger partial charge in [0.1, 0.15) is 5.54 Å². The Labute approximate surface area is 135 Å². The van der Waals surface area contributed by atoms with Crippen LogP contribution in [0.2, 0.25) is 0 Å². The lowest BCUT2D eigenvalue weighted by Gasteiger charge is -2.38. The summed E-state index contributed by atoms with van der Waals surface area (Å²) < 4.78 is 0. The molecule has 2 heterocycles. The van der Waals surface area contributed by atoms with E-state index in [4.69, 9.17) is 0 Å². The zero-order valence-corrected chi connectivity index (χ0v) is 13.8. The summed E-state index contributed by atoms with van der Waals surface area (Å²) >= 11 is 1.67. The first-order valence-electron chi connectivity index (χ1n) is 8.08. The Kier molecular flexibility index (Phi) is 4.47. The number of likely N-dealkylation sites (tertiary alicyclic amines) is 1. The Morgan fingerprint density at radius 2 is 2.14 bits per heavy atom. The van der Waals surface area contributed by atoms with E-state index < -0.39 is 5.54 Å². The van der Waals surface area contributed by atoms with Crippen LogP contribution in [0.4, 0.5) is 0 Å². The van der Waals surface area contributed by atoms with Crippen molar-refractivity contribution >= 4 is 23.2 Å². The highest BCUT2D eigenvalue weighted by Crippen LogP contribution is 2.34. The molecular weight excluding hydrogens is 298 g/mol. The summed E-state index contributed by atoms with van der Waals surface area (Å²) in [5, 5.41) is 6.07. The van der Waals surface area contributed by atoms with Crippen molar-refractivity contribution in [3.63, 3.8) is 0 Å². The maximum Gasteiger partial charge on any atom is 0.248 e. The Morgan fingerprint density at radius 1 is 1.36 bits per heavy atom. The molecule has 0 spiro atoms. The van der Waals surface area contributed by atoms with Gasteiger partial charge in [-0.2, -0.15) is 0 Å². The molecular formula is C16H23N3O2S. The maximum atomic E-state index is 13.1. The molecule has 1 aliphatic heterocycles. The molecule has 1 aromatic heterocycles. The fourth-order valence-corrected chi connectivity index (χ4v) is 4.58. The van der Waals surface area contributed by atoms with Crippen molar-refractivity contribution in [3.8, 4) is 0 Å². The van der Waals surface area contributed by atoms with Gasteiger partial charge in [-0.05, 0) is 25.7 Å². The van der Waals surface area contributed by atoms with Gasteiger partial charge < -0.3 is 10.2 Å². The third-order valence-corrected chi connectivity index (χ3v) is 5.73. The quantitative estimate of drug-likeness (QED) is 0.929. The number of aromatic nitrogens is 1. The van der Waals surface area contributed by atoms with Gasteiger partial charge in [0.25, 0.3) is 0 Å². The van der Waals surface area contributed by atoms with E-state index in [1.165, 1.54) is 6.92 Å². The number of hydrogen-bond donors (Lipinski definition) is 1. The second-order valence-corrected chi connectivity index (χ2v) is 7.36. The topological polar surface area (TPSA) is 62.3 Å². The molecule has 2 aliphatic rings. The molecule has 1 aromatic rings. The second-order valence-electron chi connectivity index (χ2n) is 6.43. The Morgan fingerprint density at radius 3 is 2.77 bits per heavy atom. The van der Waals surface area contributed by atoms with Crippen molar-refractivity contribution in [3.05, 3.63) is 16.6 Å². The Hall–Kier alpha value is -1.43. The lowest BCUT2D eigenvalue weighted by molar-refractivity contribution is -0.142. The minimum Gasteiger partial charge on any atom is -0.342 e. The van der Waals surface area contributed by atoms with Crippen molar-refractivity contribution in [1.29, 1.82) is 0 Å². The monoisotopic (exact) mass is 321 g/mol. The molecule has 0 bridgehead atoms. The van der Waals surface area contributed by atoms with Crippen LogP contribution in [0.15, 0.2) is 11.6 Å². The third kappa shape index (κ3) is 3.02. The first-order chi connectivity index (χ1) is 10.6. The average molecular weight is 321 g/mol. The standard InChI is InChI=1S/C16H23N3O2S/c1-12(20)18-16(6-2-3-7-16)15(21)19-9-4-5-13(11-19)14-17-8-10-22-14/h8,10,13H,2-7,9,11H2,1H3,(H,18,20)/t13-/m0/s1. The smallest absolute Gasteiger partial charge is 0.248 e. The molecule has 3 rings (SSSR count). The van der Waals surface area contributed by atoms with Gasteiger partial charge in [-0.25, -0.2) is 4.98 Å². The minimum atomic E-state index is -0.656. The molecule has 0 radical (unpaired) electrons. The molecule has 1 atom stereocenters. The lowest BCUT2D eigenvalue weighted by atomic mass is 9.92. The molecule has 2 amide bonds. The largest absolute Gasteiger partial charge is 0.342 e. The van der Waals surface area contributed by atoms with E-state index >= 15 is 0 Å². The molecule has 2 fully saturated rings. The molecule has 22 heavy (non-hydrogen) atoms. The summed E-state index contributed by atoms with van der Waals surface area (Å²) in [6, 6.07) is 0. The van der Waals surface area contributed by atoms with Gasteiger partial charge in [0, 0.05) is 37.5 Å². The molecule has 6 heteroatoms. The predicted molar refractivity (Wildman–Crippen MR) is 85.7 cm³/mol. The van der Waals surface area contributed by atoms with Crippen LogP contribution in [0.5, 0.6) is 0 Å². The van der Waals surface area contributed by atoms with Crippen LogP contribution in [0.25, 0.3) is 0 Å². The summed E-state index contributed by atoms with van der Waals surface area (Å²) in [4.78, 5) is 31.0. The zero-order valence-electron chi connectivity index (χ0n) is 13.0. The molecule has 1 N–H and O–H groups in total. The molecule has 120 valence electrons. The zero-order chi connectivity index (χ0) is 15.6. The van der Waals surface area contributed by atoms with Crippen molar-refractivity contribution < 1.29 is 9.59 Å². The Balaban J connectivity index is 1.74. The number of carbonyl (C=O) groups excluding carboxylic acids is 2. The van der Waals surface area contributed by atoms with Gasteiger partial charge in [-0.3, -0.25) is 9.59 Å². The summed E-state index contributed by atoms with van der Waals surface area (Å²) in [6.07, 6.45) is 7.48. The molecule has 1 aliphatic carbocycles. The number of nitrogens with one attached hydrogen (secondary N) is 1. The fourth-order valence-electron chi connectivity index (χ4n) is 3.81. The van der Waals surface area contributed by atoms with E-state index in [0.717, 1.165) is 56.6 Å². The minimum absolute atomic E-state index is 0.108. The summed E-state index contributed by atoms with van der Waals surface area (Å²) in [5.41, 5.74) is -0.656. The van der Waals surface area contributed by atoms with Crippen LogP contribution in [0.1, 0.15) is 56.4 Å². The van der Waals surface area contributed by atoms with Crippen molar-refractivity contribution in [1.82, 2.24) is 15.2 Å². The average Bonchev–Trinajstić information content (AvgIpc) is 3.18. The number of carbonyl (C=O) groups is 2. The Bertz CT molecular complexity index is 538. The van der Waals surface area contributed by atoms with E-state index in [-0.39, 0.29) is 11.8 Å². The van der Waals surface area contributed by atoms with Crippen molar-refractivity contribution in [2.75, 3.05) is 13.1 Å². The van der Waals surface area contributed by atoms with Gasteiger partial charge >= 0.3 is 0 Å². The summed E-state index contributed by atoms with van der Waals surface area (Å²) in [5.74, 6) is 0.346. The van der Waals surface area contributed by atoms with E-state index in [1.54, 1.807) is 11.3 Å². The number of thiazole rings is 1. The van der Waals surface area contributed by atoms with E-state index in [1.807, 2.05) is 16.5 Å². The fraction of sp³-hybridized carbons (Fsp3) is 0.688. The van der Waals surface area contributed by atoms with Crippen LogP contribution in [-0.2, 0) is 9.59 Å².